The molecule has 1 atom stereocenters. The second-order valence-electron chi connectivity index (χ2n) is 5.11. The molecule has 1 aliphatic rings. The number of piperidine rings is 1. The molecule has 0 aromatic heterocycles. The lowest BCUT2D eigenvalue weighted by Gasteiger charge is -2.28. The Bertz CT molecular complexity index is 619. The Kier molecular flexibility index (Phi) is 5.48. The monoisotopic (exact) mass is 354 g/mol. The van der Waals surface area contributed by atoms with Crippen molar-refractivity contribution in [3.05, 3.63) is 28.0 Å². The lowest BCUT2D eigenvalue weighted by Crippen LogP contribution is -2.44. The summed E-state index contributed by atoms with van der Waals surface area (Å²) in [6, 6.07) is 2.53. The molecule has 1 aromatic rings. The Morgan fingerprint density at radius 3 is 2.71 bits per heavy atom. The van der Waals surface area contributed by atoms with Gasteiger partial charge in [0, 0.05) is 19.6 Å². The van der Waals surface area contributed by atoms with Crippen LogP contribution in [0, 0.1) is 5.82 Å². The standard InChI is InChI=1S/C13H17Cl2FN2O2S/c1-18(8-9-4-2-3-7-17-9)21(19,20)11-6-5-10(14)13(16)12(11)15/h5-6,9,17H,2-4,7-8H2,1H3. The number of benzene rings is 1. The van der Waals surface area contributed by atoms with Crippen molar-refractivity contribution in [3.8, 4) is 0 Å². The largest absolute Gasteiger partial charge is 0.313 e. The molecule has 4 nitrogen and oxygen atoms in total. The summed E-state index contributed by atoms with van der Waals surface area (Å²) < 4.78 is 39.9. The van der Waals surface area contributed by atoms with Gasteiger partial charge in [0.05, 0.1) is 10.0 Å². The van der Waals surface area contributed by atoms with Gasteiger partial charge in [-0.1, -0.05) is 29.6 Å². The van der Waals surface area contributed by atoms with Crippen LogP contribution in [-0.2, 0) is 10.0 Å². The second kappa shape index (κ2) is 6.79. The third-order valence-corrected chi connectivity index (χ3v) is 6.22. The zero-order valence-corrected chi connectivity index (χ0v) is 13.9. The molecule has 0 bridgehead atoms. The van der Waals surface area contributed by atoms with Crippen molar-refractivity contribution < 1.29 is 12.8 Å². The molecular weight excluding hydrogens is 338 g/mol. The molecule has 21 heavy (non-hydrogen) atoms. The minimum Gasteiger partial charge on any atom is -0.313 e. The first-order valence-corrected chi connectivity index (χ1v) is 8.87. The summed E-state index contributed by atoms with van der Waals surface area (Å²) in [4.78, 5) is -0.260. The normalized spacial score (nSPS) is 20.0. The van der Waals surface area contributed by atoms with E-state index in [9.17, 15) is 12.8 Å². The molecule has 1 N–H and O–H groups in total. The molecule has 8 heteroatoms. The van der Waals surface area contributed by atoms with Crippen molar-refractivity contribution in [2.24, 2.45) is 0 Å². The summed E-state index contributed by atoms with van der Waals surface area (Å²) in [6.07, 6.45) is 3.09. The summed E-state index contributed by atoms with van der Waals surface area (Å²) in [5.41, 5.74) is 0. The van der Waals surface area contributed by atoms with Crippen molar-refractivity contribution in [1.29, 1.82) is 0 Å². The highest BCUT2D eigenvalue weighted by molar-refractivity contribution is 7.89. The van der Waals surface area contributed by atoms with Crippen LogP contribution in [0.4, 0.5) is 4.39 Å². The number of nitrogens with one attached hydrogen (secondary N) is 1. The summed E-state index contributed by atoms with van der Waals surface area (Å²) >= 11 is 11.4. The fourth-order valence-electron chi connectivity index (χ4n) is 2.36. The van der Waals surface area contributed by atoms with Crippen LogP contribution in [0.1, 0.15) is 19.3 Å². The Hall–Kier alpha value is -0.400. The molecule has 0 spiro atoms. The fourth-order valence-corrected chi connectivity index (χ4v) is 4.29. The molecule has 1 aromatic carbocycles. The van der Waals surface area contributed by atoms with E-state index in [2.05, 4.69) is 5.32 Å². The Morgan fingerprint density at radius 2 is 2.10 bits per heavy atom. The molecule has 1 unspecified atom stereocenters. The van der Waals surface area contributed by atoms with E-state index < -0.39 is 20.9 Å². The molecule has 0 aliphatic carbocycles. The Balaban J connectivity index is 2.22. The van der Waals surface area contributed by atoms with E-state index in [1.807, 2.05) is 0 Å². The predicted octanol–water partition coefficient (Wildman–Crippen LogP) is 2.90. The highest BCUT2D eigenvalue weighted by Gasteiger charge is 2.28. The van der Waals surface area contributed by atoms with Crippen LogP contribution in [0.25, 0.3) is 0 Å². The minimum absolute atomic E-state index is 0.106. The topological polar surface area (TPSA) is 49.4 Å². The van der Waals surface area contributed by atoms with E-state index >= 15 is 0 Å². The van der Waals surface area contributed by atoms with Gasteiger partial charge in [-0.15, -0.1) is 0 Å². The number of hydrogen-bond acceptors (Lipinski definition) is 3. The predicted molar refractivity (Wildman–Crippen MR) is 81.9 cm³/mol. The van der Waals surface area contributed by atoms with Crippen molar-refractivity contribution >= 4 is 33.2 Å². The van der Waals surface area contributed by atoms with E-state index in [0.717, 1.165) is 25.8 Å². The van der Waals surface area contributed by atoms with Gasteiger partial charge >= 0.3 is 0 Å². The molecule has 1 heterocycles. The second-order valence-corrected chi connectivity index (χ2v) is 7.90. The zero-order valence-electron chi connectivity index (χ0n) is 11.6. The van der Waals surface area contributed by atoms with E-state index in [1.165, 1.54) is 23.5 Å². The summed E-state index contributed by atoms with van der Waals surface area (Å²) in [7, 11) is -2.38. The van der Waals surface area contributed by atoms with E-state index in [-0.39, 0.29) is 16.0 Å². The van der Waals surface area contributed by atoms with Crippen molar-refractivity contribution in [3.63, 3.8) is 0 Å². The molecule has 0 amide bonds. The van der Waals surface area contributed by atoms with Gasteiger partial charge in [-0.05, 0) is 31.5 Å². The van der Waals surface area contributed by atoms with E-state index in [4.69, 9.17) is 23.2 Å². The van der Waals surface area contributed by atoms with Crippen LogP contribution >= 0.6 is 23.2 Å². The molecular formula is C13H17Cl2FN2O2S. The average molecular weight is 355 g/mol. The maximum Gasteiger partial charge on any atom is 0.244 e. The van der Waals surface area contributed by atoms with Crippen LogP contribution in [-0.4, -0.2) is 38.9 Å². The Morgan fingerprint density at radius 1 is 1.38 bits per heavy atom. The number of hydrogen-bond donors (Lipinski definition) is 1. The van der Waals surface area contributed by atoms with Crippen molar-refractivity contribution in [2.45, 2.75) is 30.2 Å². The third-order valence-electron chi connectivity index (χ3n) is 3.58. The third kappa shape index (κ3) is 3.68. The van der Waals surface area contributed by atoms with Crippen LogP contribution in [0.15, 0.2) is 17.0 Å². The van der Waals surface area contributed by atoms with Crippen molar-refractivity contribution in [2.75, 3.05) is 20.1 Å². The Labute approximate surface area is 134 Å². The summed E-state index contributed by atoms with van der Waals surface area (Å²) in [6.45, 7) is 1.21. The van der Waals surface area contributed by atoms with Crippen LogP contribution in [0.5, 0.6) is 0 Å². The molecule has 1 fully saturated rings. The van der Waals surface area contributed by atoms with E-state index in [0.29, 0.717) is 6.54 Å². The van der Waals surface area contributed by atoms with Gasteiger partial charge in [-0.3, -0.25) is 0 Å². The van der Waals surface area contributed by atoms with Crippen LogP contribution in [0.3, 0.4) is 0 Å². The molecule has 2 rings (SSSR count). The smallest absolute Gasteiger partial charge is 0.244 e. The summed E-state index contributed by atoms with van der Waals surface area (Å²) in [5.74, 6) is -0.913. The number of halogens is 3. The lowest BCUT2D eigenvalue weighted by molar-refractivity contribution is 0.337. The minimum atomic E-state index is -3.85. The van der Waals surface area contributed by atoms with Crippen molar-refractivity contribution in [1.82, 2.24) is 9.62 Å². The number of sulfonamides is 1. The van der Waals surface area contributed by atoms with Crippen LogP contribution < -0.4 is 5.32 Å². The average Bonchev–Trinajstić information content (AvgIpc) is 2.45. The highest BCUT2D eigenvalue weighted by Crippen LogP contribution is 2.31. The van der Waals surface area contributed by atoms with Gasteiger partial charge in [0.15, 0.2) is 5.82 Å². The molecule has 0 saturated carbocycles. The SMILES string of the molecule is CN(CC1CCCCN1)S(=O)(=O)c1ccc(Cl)c(F)c1Cl. The van der Waals surface area contributed by atoms with Gasteiger partial charge < -0.3 is 5.32 Å². The highest BCUT2D eigenvalue weighted by atomic mass is 35.5. The van der Waals surface area contributed by atoms with Gasteiger partial charge in [0.1, 0.15) is 4.90 Å². The molecule has 1 aliphatic heterocycles. The molecule has 118 valence electrons. The lowest BCUT2D eigenvalue weighted by atomic mass is 10.1. The first-order valence-electron chi connectivity index (χ1n) is 6.67. The molecule has 0 radical (unpaired) electrons. The quantitative estimate of drug-likeness (QED) is 0.845. The molecule has 1 saturated heterocycles. The van der Waals surface area contributed by atoms with E-state index in [1.54, 1.807) is 0 Å². The fraction of sp³-hybridized carbons (Fsp3) is 0.538. The number of likely N-dealkylation sites (N-methyl/N-ethyl adjacent to an activating group) is 1. The van der Waals surface area contributed by atoms with Crippen LogP contribution in [0.2, 0.25) is 10.0 Å². The first-order chi connectivity index (χ1) is 9.84. The number of nitrogens with zero attached hydrogens (tertiary/aromatic N) is 1. The number of rotatable bonds is 4. The zero-order chi connectivity index (χ0) is 15.6. The van der Waals surface area contributed by atoms with Gasteiger partial charge in [-0.25, -0.2) is 12.8 Å². The first kappa shape index (κ1) is 17.0. The van der Waals surface area contributed by atoms with Gasteiger partial charge in [-0.2, -0.15) is 4.31 Å². The summed E-state index contributed by atoms with van der Waals surface area (Å²) in [5, 5.41) is 2.61. The van der Waals surface area contributed by atoms with Gasteiger partial charge in [0.2, 0.25) is 10.0 Å². The maximum atomic E-state index is 13.7. The van der Waals surface area contributed by atoms with Gasteiger partial charge in [0.25, 0.3) is 0 Å². The maximum absolute atomic E-state index is 13.7.